The predicted molar refractivity (Wildman–Crippen MR) is 69.8 cm³/mol. The van der Waals surface area contributed by atoms with Gasteiger partial charge in [0.2, 0.25) is 0 Å². The minimum atomic E-state index is -1.61. The average molecular weight is 278 g/mol. The van der Waals surface area contributed by atoms with E-state index in [0.717, 1.165) is 10.6 Å². The molecule has 1 aromatic rings. The normalized spacial score (nSPS) is 32.8. The second-order valence-corrected chi connectivity index (χ2v) is 4.48. The van der Waals surface area contributed by atoms with E-state index in [9.17, 15) is 19.8 Å². The third-order valence-corrected chi connectivity index (χ3v) is 3.38. The molecule has 1 aliphatic rings. The first-order valence-electron chi connectivity index (χ1n) is 5.87. The summed E-state index contributed by atoms with van der Waals surface area (Å²) in [5, 5.41) is 19.6. The molecule has 20 heavy (non-hydrogen) atoms. The molecule has 0 aliphatic carbocycles. The van der Waals surface area contributed by atoms with Gasteiger partial charge in [-0.15, -0.1) is 13.0 Å². The Balaban J connectivity index is 2.52. The standard InChI is InChI=1S/C13H14N2O5/c1-3-8-10(18)13(4-2,7-16)20-11(8)15-6-5-9(17)14-12(15)19/h2-3,5-6,8,10-11,16,18H,1,7H2,(H,14,17,19)/t8-,10+,11-,13-/m1/s1. The Hall–Kier alpha value is -2.14. The van der Waals surface area contributed by atoms with E-state index in [1.165, 1.54) is 12.3 Å². The van der Waals surface area contributed by atoms with Crippen LogP contribution in [0.4, 0.5) is 0 Å². The molecule has 0 amide bonds. The monoisotopic (exact) mass is 278 g/mol. The van der Waals surface area contributed by atoms with Gasteiger partial charge in [0.15, 0.2) is 5.60 Å². The lowest BCUT2D eigenvalue weighted by Crippen LogP contribution is -2.43. The maximum absolute atomic E-state index is 11.8. The molecule has 2 rings (SSSR count). The molecule has 0 bridgehead atoms. The van der Waals surface area contributed by atoms with Crippen LogP contribution in [0.3, 0.4) is 0 Å². The molecule has 1 saturated heterocycles. The Bertz CT molecular complexity index is 670. The maximum Gasteiger partial charge on any atom is 0.330 e. The molecule has 1 aromatic heterocycles. The zero-order valence-electron chi connectivity index (χ0n) is 10.5. The summed E-state index contributed by atoms with van der Waals surface area (Å²) in [6.07, 6.45) is 5.75. The van der Waals surface area contributed by atoms with Gasteiger partial charge in [0.1, 0.15) is 12.3 Å². The van der Waals surface area contributed by atoms with Gasteiger partial charge in [-0.3, -0.25) is 14.3 Å². The van der Waals surface area contributed by atoms with Crippen molar-refractivity contribution in [3.8, 4) is 12.3 Å². The lowest BCUT2D eigenvalue weighted by molar-refractivity contribution is -0.0917. The van der Waals surface area contributed by atoms with Gasteiger partial charge in [-0.05, 0) is 0 Å². The second kappa shape index (κ2) is 5.09. The summed E-state index contributed by atoms with van der Waals surface area (Å²) in [7, 11) is 0. The molecule has 0 unspecified atom stereocenters. The fourth-order valence-corrected chi connectivity index (χ4v) is 2.24. The Morgan fingerprint density at radius 3 is 2.85 bits per heavy atom. The minimum Gasteiger partial charge on any atom is -0.392 e. The van der Waals surface area contributed by atoms with Crippen LogP contribution in [0.2, 0.25) is 0 Å². The van der Waals surface area contributed by atoms with Crippen molar-refractivity contribution in [1.29, 1.82) is 0 Å². The molecule has 0 spiro atoms. The number of nitrogens with one attached hydrogen (secondary N) is 1. The molecular formula is C13H14N2O5. The topological polar surface area (TPSA) is 105 Å². The average Bonchev–Trinajstić information content (AvgIpc) is 2.71. The number of aromatic nitrogens is 2. The molecule has 2 heterocycles. The van der Waals surface area contributed by atoms with E-state index in [2.05, 4.69) is 17.5 Å². The van der Waals surface area contributed by atoms with E-state index in [1.54, 1.807) is 0 Å². The summed E-state index contributed by atoms with van der Waals surface area (Å²) in [6.45, 7) is 2.97. The van der Waals surface area contributed by atoms with Crippen LogP contribution in [0.1, 0.15) is 6.23 Å². The number of H-pyrrole nitrogens is 1. The fourth-order valence-electron chi connectivity index (χ4n) is 2.24. The van der Waals surface area contributed by atoms with E-state index >= 15 is 0 Å². The van der Waals surface area contributed by atoms with Crippen molar-refractivity contribution in [2.75, 3.05) is 6.61 Å². The van der Waals surface area contributed by atoms with Crippen molar-refractivity contribution in [3.63, 3.8) is 0 Å². The predicted octanol–water partition coefficient (Wildman–Crippen LogP) is -1.41. The third kappa shape index (κ3) is 2.00. The van der Waals surface area contributed by atoms with Gasteiger partial charge in [0.05, 0.1) is 12.5 Å². The minimum absolute atomic E-state index is 0.551. The van der Waals surface area contributed by atoms with Crippen LogP contribution in [0.5, 0.6) is 0 Å². The lowest BCUT2D eigenvalue weighted by atomic mass is 9.91. The molecule has 0 radical (unpaired) electrons. The number of rotatable bonds is 3. The van der Waals surface area contributed by atoms with Crippen molar-refractivity contribution in [2.45, 2.75) is 17.9 Å². The summed E-state index contributed by atoms with van der Waals surface area (Å²) in [5.41, 5.74) is -2.86. The summed E-state index contributed by atoms with van der Waals surface area (Å²) in [6, 6.07) is 1.14. The van der Waals surface area contributed by atoms with E-state index in [1.807, 2.05) is 0 Å². The highest BCUT2D eigenvalue weighted by Crippen LogP contribution is 2.40. The number of ether oxygens (including phenoxy) is 1. The Morgan fingerprint density at radius 1 is 1.65 bits per heavy atom. The van der Waals surface area contributed by atoms with Crippen LogP contribution in [0.25, 0.3) is 0 Å². The van der Waals surface area contributed by atoms with Gasteiger partial charge in [-0.1, -0.05) is 12.0 Å². The largest absolute Gasteiger partial charge is 0.392 e. The summed E-state index contributed by atoms with van der Waals surface area (Å²) in [5.74, 6) is 1.51. The van der Waals surface area contributed by atoms with Crippen LogP contribution in [0, 0.1) is 18.3 Å². The first kappa shape index (κ1) is 14.3. The maximum atomic E-state index is 11.8. The van der Waals surface area contributed by atoms with Crippen LogP contribution in [-0.2, 0) is 4.74 Å². The number of aliphatic hydroxyl groups is 2. The van der Waals surface area contributed by atoms with E-state index in [4.69, 9.17) is 11.2 Å². The molecule has 106 valence electrons. The smallest absolute Gasteiger partial charge is 0.330 e. The zero-order chi connectivity index (χ0) is 14.9. The zero-order valence-corrected chi connectivity index (χ0v) is 10.5. The molecule has 3 N–H and O–H groups in total. The number of hydrogen-bond donors (Lipinski definition) is 3. The van der Waals surface area contributed by atoms with Crippen molar-refractivity contribution < 1.29 is 14.9 Å². The van der Waals surface area contributed by atoms with Crippen LogP contribution >= 0.6 is 0 Å². The highest BCUT2D eigenvalue weighted by molar-refractivity contribution is 5.20. The third-order valence-electron chi connectivity index (χ3n) is 3.38. The molecular weight excluding hydrogens is 264 g/mol. The molecule has 0 saturated carbocycles. The van der Waals surface area contributed by atoms with E-state index in [0.29, 0.717) is 0 Å². The summed E-state index contributed by atoms with van der Waals surface area (Å²) < 4.78 is 6.59. The highest BCUT2D eigenvalue weighted by atomic mass is 16.6. The van der Waals surface area contributed by atoms with Gasteiger partial charge in [-0.25, -0.2) is 4.79 Å². The number of aromatic amines is 1. The van der Waals surface area contributed by atoms with E-state index < -0.39 is 41.7 Å². The van der Waals surface area contributed by atoms with E-state index in [-0.39, 0.29) is 0 Å². The van der Waals surface area contributed by atoms with Crippen LogP contribution in [-0.4, -0.2) is 38.1 Å². The number of aliphatic hydroxyl groups excluding tert-OH is 2. The highest BCUT2D eigenvalue weighted by Gasteiger charge is 2.53. The molecule has 7 heteroatoms. The van der Waals surface area contributed by atoms with Crippen LogP contribution in [0.15, 0.2) is 34.5 Å². The fraction of sp³-hybridized carbons (Fsp3) is 0.385. The first-order chi connectivity index (χ1) is 9.49. The molecule has 1 fully saturated rings. The van der Waals surface area contributed by atoms with Gasteiger partial charge in [-0.2, -0.15) is 0 Å². The molecule has 4 atom stereocenters. The SMILES string of the molecule is C#C[C@]1(CO)O[C@@H](n2ccc(=O)[nH]c2=O)[C@H](C=C)[C@@H]1O. The van der Waals surface area contributed by atoms with Crippen molar-refractivity contribution in [2.24, 2.45) is 5.92 Å². The number of nitrogens with zero attached hydrogens (tertiary/aromatic N) is 1. The first-order valence-corrected chi connectivity index (χ1v) is 5.87. The van der Waals surface area contributed by atoms with Gasteiger partial charge in [0, 0.05) is 12.3 Å². The van der Waals surface area contributed by atoms with Crippen LogP contribution < -0.4 is 11.2 Å². The van der Waals surface area contributed by atoms with Crippen molar-refractivity contribution >= 4 is 0 Å². The lowest BCUT2D eigenvalue weighted by Gasteiger charge is -2.23. The Kier molecular flexibility index (Phi) is 3.63. The Labute approximate surface area is 114 Å². The number of hydrogen-bond acceptors (Lipinski definition) is 5. The second-order valence-electron chi connectivity index (χ2n) is 4.48. The van der Waals surface area contributed by atoms with Gasteiger partial charge >= 0.3 is 5.69 Å². The van der Waals surface area contributed by atoms with Gasteiger partial charge < -0.3 is 14.9 Å². The molecule has 0 aromatic carbocycles. The quantitative estimate of drug-likeness (QED) is 0.465. The van der Waals surface area contributed by atoms with Crippen molar-refractivity contribution in [3.05, 3.63) is 45.8 Å². The molecule has 1 aliphatic heterocycles. The van der Waals surface area contributed by atoms with Crippen molar-refractivity contribution in [1.82, 2.24) is 9.55 Å². The number of terminal acetylenes is 1. The summed E-state index contributed by atoms with van der Waals surface area (Å²) >= 11 is 0. The molecule has 7 nitrogen and oxygen atoms in total. The Morgan fingerprint density at radius 2 is 2.35 bits per heavy atom. The summed E-state index contributed by atoms with van der Waals surface area (Å²) in [4.78, 5) is 24.9. The van der Waals surface area contributed by atoms with Gasteiger partial charge in [0.25, 0.3) is 5.56 Å².